The summed E-state index contributed by atoms with van der Waals surface area (Å²) in [4.78, 5) is 22.7. The van der Waals surface area contributed by atoms with E-state index >= 15 is 0 Å². The van der Waals surface area contributed by atoms with Crippen LogP contribution in [0.15, 0.2) is 60.9 Å². The van der Waals surface area contributed by atoms with Crippen molar-refractivity contribution >= 4 is 11.7 Å². The first-order valence-corrected chi connectivity index (χ1v) is 9.17. The number of nitrogens with zero attached hydrogens (tertiary/aromatic N) is 3. The summed E-state index contributed by atoms with van der Waals surface area (Å²) in [5, 5.41) is 3.19. The molecule has 150 valence electrons. The van der Waals surface area contributed by atoms with Gasteiger partial charge in [-0.25, -0.2) is 9.97 Å². The van der Waals surface area contributed by atoms with Crippen molar-refractivity contribution in [2.45, 2.75) is 13.1 Å². The lowest BCUT2D eigenvalue weighted by atomic mass is 10.2. The van der Waals surface area contributed by atoms with E-state index in [1.165, 1.54) is 6.20 Å². The third-order valence-electron chi connectivity index (χ3n) is 4.40. The van der Waals surface area contributed by atoms with Crippen LogP contribution in [0.1, 0.15) is 21.6 Å². The van der Waals surface area contributed by atoms with Crippen molar-refractivity contribution in [3.8, 4) is 11.5 Å². The standard InChI is InChI=1S/C22H24N4O3/c1-26(15-16-7-5-4-6-8-16)22(27)18-13-25-21(14-23-18)24-12-17-9-10-19(28-2)20(11-17)29-3/h4-11,13-14H,12,15H2,1-3H3,(H,24,25). The molecule has 0 aliphatic carbocycles. The SMILES string of the molecule is COc1ccc(CNc2cnc(C(=O)N(C)Cc3ccccc3)cn2)cc1OC. The van der Waals surface area contributed by atoms with Crippen molar-refractivity contribution < 1.29 is 14.3 Å². The van der Waals surface area contributed by atoms with E-state index in [0.717, 1.165) is 11.1 Å². The Bertz CT molecular complexity index is 946. The second-order valence-electron chi connectivity index (χ2n) is 6.48. The highest BCUT2D eigenvalue weighted by atomic mass is 16.5. The molecule has 0 spiro atoms. The number of carbonyl (C=O) groups excluding carboxylic acids is 1. The Morgan fingerprint density at radius 2 is 1.72 bits per heavy atom. The second kappa shape index (κ2) is 9.54. The first-order valence-electron chi connectivity index (χ1n) is 9.17. The van der Waals surface area contributed by atoms with Gasteiger partial charge in [0.2, 0.25) is 0 Å². The molecule has 0 radical (unpaired) electrons. The maximum absolute atomic E-state index is 12.5. The Kier molecular flexibility index (Phi) is 6.63. The van der Waals surface area contributed by atoms with Crippen LogP contribution in [-0.2, 0) is 13.1 Å². The van der Waals surface area contributed by atoms with Crippen LogP contribution in [-0.4, -0.2) is 42.0 Å². The summed E-state index contributed by atoms with van der Waals surface area (Å²) in [6.07, 6.45) is 3.05. The minimum atomic E-state index is -0.173. The summed E-state index contributed by atoms with van der Waals surface area (Å²) in [5.41, 5.74) is 2.37. The Balaban J connectivity index is 1.59. The molecule has 7 nitrogen and oxygen atoms in total. The summed E-state index contributed by atoms with van der Waals surface area (Å²) < 4.78 is 10.6. The van der Waals surface area contributed by atoms with Gasteiger partial charge in [-0.1, -0.05) is 36.4 Å². The molecule has 0 saturated heterocycles. The summed E-state index contributed by atoms with van der Waals surface area (Å²) in [6.45, 7) is 1.05. The zero-order valence-electron chi connectivity index (χ0n) is 16.8. The summed E-state index contributed by atoms with van der Waals surface area (Å²) in [7, 11) is 4.96. The van der Waals surface area contributed by atoms with Crippen molar-refractivity contribution in [1.82, 2.24) is 14.9 Å². The van der Waals surface area contributed by atoms with Gasteiger partial charge in [0.15, 0.2) is 11.5 Å². The highest BCUT2D eigenvalue weighted by Crippen LogP contribution is 2.27. The number of carbonyl (C=O) groups is 1. The van der Waals surface area contributed by atoms with Gasteiger partial charge in [-0.15, -0.1) is 0 Å². The molecule has 0 fully saturated rings. The third-order valence-corrected chi connectivity index (χ3v) is 4.40. The maximum Gasteiger partial charge on any atom is 0.274 e. The van der Waals surface area contributed by atoms with Crippen LogP contribution in [0.3, 0.4) is 0 Å². The zero-order chi connectivity index (χ0) is 20.6. The van der Waals surface area contributed by atoms with Gasteiger partial charge in [0.1, 0.15) is 11.5 Å². The number of anilines is 1. The van der Waals surface area contributed by atoms with E-state index in [1.807, 2.05) is 48.5 Å². The number of ether oxygens (including phenoxy) is 2. The highest BCUT2D eigenvalue weighted by molar-refractivity contribution is 5.91. The fourth-order valence-electron chi connectivity index (χ4n) is 2.84. The Morgan fingerprint density at radius 3 is 2.38 bits per heavy atom. The molecular formula is C22H24N4O3. The minimum Gasteiger partial charge on any atom is -0.493 e. The van der Waals surface area contributed by atoms with E-state index in [0.29, 0.717) is 36.1 Å². The second-order valence-corrected chi connectivity index (χ2v) is 6.48. The first-order chi connectivity index (χ1) is 14.1. The van der Waals surface area contributed by atoms with E-state index in [2.05, 4.69) is 15.3 Å². The van der Waals surface area contributed by atoms with Crippen LogP contribution in [0.25, 0.3) is 0 Å². The number of hydrogen-bond acceptors (Lipinski definition) is 6. The smallest absolute Gasteiger partial charge is 0.274 e. The predicted octanol–water partition coefficient (Wildman–Crippen LogP) is 3.38. The van der Waals surface area contributed by atoms with Crippen LogP contribution in [0.5, 0.6) is 11.5 Å². The van der Waals surface area contributed by atoms with Crippen LogP contribution >= 0.6 is 0 Å². The molecular weight excluding hydrogens is 368 g/mol. The average Bonchev–Trinajstić information content (AvgIpc) is 2.78. The Morgan fingerprint density at radius 1 is 0.966 bits per heavy atom. The molecule has 1 aromatic heterocycles. The van der Waals surface area contributed by atoms with Crippen LogP contribution in [0, 0.1) is 0 Å². The fraction of sp³-hybridized carbons (Fsp3) is 0.227. The zero-order valence-corrected chi connectivity index (χ0v) is 16.8. The van der Waals surface area contributed by atoms with Crippen molar-refractivity contribution in [1.29, 1.82) is 0 Å². The molecule has 3 aromatic rings. The highest BCUT2D eigenvalue weighted by Gasteiger charge is 2.14. The monoisotopic (exact) mass is 392 g/mol. The number of benzene rings is 2. The summed E-state index contributed by atoms with van der Waals surface area (Å²) in [6, 6.07) is 15.5. The topological polar surface area (TPSA) is 76.6 Å². The predicted molar refractivity (Wildman–Crippen MR) is 111 cm³/mol. The number of aromatic nitrogens is 2. The van der Waals surface area contributed by atoms with E-state index in [4.69, 9.17) is 9.47 Å². The fourth-order valence-corrected chi connectivity index (χ4v) is 2.84. The lowest BCUT2D eigenvalue weighted by molar-refractivity contribution is 0.0779. The number of rotatable bonds is 8. The van der Waals surface area contributed by atoms with Gasteiger partial charge < -0.3 is 19.7 Å². The van der Waals surface area contributed by atoms with Gasteiger partial charge in [-0.2, -0.15) is 0 Å². The van der Waals surface area contributed by atoms with Crippen molar-refractivity contribution in [2.75, 3.05) is 26.6 Å². The maximum atomic E-state index is 12.5. The van der Waals surface area contributed by atoms with E-state index in [9.17, 15) is 4.79 Å². The molecule has 0 unspecified atom stereocenters. The first kappa shape index (κ1) is 20.1. The van der Waals surface area contributed by atoms with Gasteiger partial charge >= 0.3 is 0 Å². The molecule has 0 bridgehead atoms. The molecule has 2 aromatic carbocycles. The molecule has 0 aliphatic rings. The summed E-state index contributed by atoms with van der Waals surface area (Å²) >= 11 is 0. The van der Waals surface area contributed by atoms with Gasteiger partial charge in [0.25, 0.3) is 5.91 Å². The van der Waals surface area contributed by atoms with E-state index in [1.54, 1.807) is 32.4 Å². The van der Waals surface area contributed by atoms with Crippen LogP contribution in [0.2, 0.25) is 0 Å². The normalized spacial score (nSPS) is 10.3. The molecule has 1 N–H and O–H groups in total. The number of hydrogen-bond donors (Lipinski definition) is 1. The van der Waals surface area contributed by atoms with Crippen LogP contribution in [0.4, 0.5) is 5.82 Å². The van der Waals surface area contributed by atoms with Crippen molar-refractivity contribution in [2.24, 2.45) is 0 Å². The lowest BCUT2D eigenvalue weighted by Gasteiger charge is -2.16. The van der Waals surface area contributed by atoms with Gasteiger partial charge in [0, 0.05) is 20.1 Å². The molecule has 0 atom stereocenters. The lowest BCUT2D eigenvalue weighted by Crippen LogP contribution is -2.27. The number of nitrogens with one attached hydrogen (secondary N) is 1. The molecule has 7 heteroatoms. The minimum absolute atomic E-state index is 0.173. The molecule has 1 heterocycles. The molecule has 0 saturated carbocycles. The van der Waals surface area contributed by atoms with Gasteiger partial charge in [0.05, 0.1) is 26.6 Å². The van der Waals surface area contributed by atoms with E-state index in [-0.39, 0.29) is 5.91 Å². The van der Waals surface area contributed by atoms with Gasteiger partial charge in [-0.05, 0) is 23.3 Å². The largest absolute Gasteiger partial charge is 0.493 e. The van der Waals surface area contributed by atoms with Gasteiger partial charge in [-0.3, -0.25) is 4.79 Å². The van der Waals surface area contributed by atoms with Crippen molar-refractivity contribution in [3.05, 3.63) is 77.7 Å². The molecule has 0 aliphatic heterocycles. The average molecular weight is 392 g/mol. The molecule has 29 heavy (non-hydrogen) atoms. The Hall–Kier alpha value is -3.61. The molecule has 1 amide bonds. The van der Waals surface area contributed by atoms with E-state index < -0.39 is 0 Å². The van der Waals surface area contributed by atoms with Crippen molar-refractivity contribution in [3.63, 3.8) is 0 Å². The summed E-state index contributed by atoms with van der Waals surface area (Å²) in [5.74, 6) is 1.76. The van der Waals surface area contributed by atoms with Crippen LogP contribution < -0.4 is 14.8 Å². The quantitative estimate of drug-likeness (QED) is 0.633. The third kappa shape index (κ3) is 5.22. The Labute approximate surface area is 170 Å². The number of methoxy groups -OCH3 is 2. The number of amides is 1. The molecule has 3 rings (SSSR count).